The molecule has 2 aromatic rings. The van der Waals surface area contributed by atoms with Crippen LogP contribution in [0.4, 0.5) is 9.18 Å². The van der Waals surface area contributed by atoms with Crippen molar-refractivity contribution in [1.82, 2.24) is 15.5 Å². The first-order valence-corrected chi connectivity index (χ1v) is 12.1. The molecular weight excluding hydrogens is 461 g/mol. The van der Waals surface area contributed by atoms with Gasteiger partial charge in [0.2, 0.25) is 5.91 Å². The monoisotopic (exact) mass is 493 g/mol. The van der Waals surface area contributed by atoms with E-state index in [0.29, 0.717) is 39.9 Å². The van der Waals surface area contributed by atoms with Gasteiger partial charge in [-0.25, -0.2) is 9.18 Å². The van der Waals surface area contributed by atoms with Crippen LogP contribution in [0.5, 0.6) is 0 Å². The number of hydrogen-bond acceptors (Lipinski definition) is 6. The highest BCUT2D eigenvalue weighted by Crippen LogP contribution is 2.35. The molecule has 2 N–H and O–H groups in total. The van der Waals surface area contributed by atoms with Gasteiger partial charge in [-0.2, -0.15) is 0 Å². The minimum atomic E-state index is -0.589. The number of piperidine rings is 1. The number of hydrogen-bond donors (Lipinski definition) is 2. The quantitative estimate of drug-likeness (QED) is 0.574. The van der Waals surface area contributed by atoms with Crippen LogP contribution in [0.1, 0.15) is 48.8 Å². The summed E-state index contributed by atoms with van der Waals surface area (Å²) in [7, 11) is 1.51. The number of amides is 3. The van der Waals surface area contributed by atoms with E-state index in [9.17, 15) is 18.8 Å². The normalized spacial score (nSPS) is 16.4. The Morgan fingerprint density at radius 3 is 2.65 bits per heavy atom. The van der Waals surface area contributed by atoms with Crippen LogP contribution in [-0.4, -0.2) is 61.7 Å². The van der Waals surface area contributed by atoms with E-state index in [1.165, 1.54) is 24.5 Å². The van der Waals surface area contributed by atoms with Gasteiger partial charge >= 0.3 is 6.09 Å². The molecule has 1 fully saturated rings. The van der Waals surface area contributed by atoms with Gasteiger partial charge in [0.25, 0.3) is 5.91 Å². The molecule has 0 saturated carbocycles. The third-order valence-electron chi connectivity index (χ3n) is 5.42. The topological polar surface area (TPSA) is 97.0 Å². The maximum absolute atomic E-state index is 14.5. The molecule has 8 nitrogen and oxygen atoms in total. The summed E-state index contributed by atoms with van der Waals surface area (Å²) in [5.74, 6) is -1.10. The van der Waals surface area contributed by atoms with E-state index in [4.69, 9.17) is 9.47 Å². The van der Waals surface area contributed by atoms with Gasteiger partial charge < -0.3 is 25.0 Å². The minimum absolute atomic E-state index is 0.129. The zero-order valence-corrected chi connectivity index (χ0v) is 20.9. The van der Waals surface area contributed by atoms with Crippen molar-refractivity contribution in [3.63, 3.8) is 0 Å². The molecule has 1 aromatic heterocycles. The van der Waals surface area contributed by atoms with Crippen molar-refractivity contribution in [3.8, 4) is 0 Å². The lowest BCUT2D eigenvalue weighted by Crippen LogP contribution is -2.46. The van der Waals surface area contributed by atoms with Crippen molar-refractivity contribution in [2.75, 3.05) is 33.3 Å². The lowest BCUT2D eigenvalue weighted by molar-refractivity contribution is -0.126. The Labute approximate surface area is 202 Å². The van der Waals surface area contributed by atoms with Crippen molar-refractivity contribution in [1.29, 1.82) is 0 Å². The Kier molecular flexibility index (Phi) is 8.48. The van der Waals surface area contributed by atoms with Gasteiger partial charge in [-0.3, -0.25) is 9.59 Å². The van der Waals surface area contributed by atoms with E-state index in [2.05, 4.69) is 10.6 Å². The highest BCUT2D eigenvalue weighted by Gasteiger charge is 2.31. The second kappa shape index (κ2) is 11.1. The predicted molar refractivity (Wildman–Crippen MR) is 128 cm³/mol. The molecule has 3 amide bonds. The number of benzene rings is 1. The molecule has 0 bridgehead atoms. The standard InChI is InChI=1S/C24H32FN3O5S/c1-24(2,3)33-23(31)27-11-10-26-21(29)15-7-6-12-28(13-15)22(30)20-16(14-32-4)19-17(25)8-5-9-18(19)34-20/h5,8-9,15H,6-7,10-14H2,1-4H3,(H,26,29)(H,27,31). The number of fused-ring (bicyclic) bond motifs is 1. The maximum Gasteiger partial charge on any atom is 0.407 e. The summed E-state index contributed by atoms with van der Waals surface area (Å²) in [5, 5.41) is 5.83. The van der Waals surface area contributed by atoms with Gasteiger partial charge in [-0.05, 0) is 45.7 Å². The third-order valence-corrected chi connectivity index (χ3v) is 6.60. The maximum atomic E-state index is 14.5. The number of thiophene rings is 1. The van der Waals surface area contributed by atoms with E-state index in [1.807, 2.05) is 0 Å². The zero-order chi connectivity index (χ0) is 24.9. The average Bonchev–Trinajstić information content (AvgIpc) is 3.15. The third kappa shape index (κ3) is 6.44. The SMILES string of the molecule is COCc1c(C(=O)N2CCCC(C(=O)NCCNC(=O)OC(C)(C)C)C2)sc2cccc(F)c12. The highest BCUT2D eigenvalue weighted by molar-refractivity contribution is 7.21. The van der Waals surface area contributed by atoms with E-state index < -0.39 is 11.7 Å². The first kappa shape index (κ1) is 25.9. The van der Waals surface area contributed by atoms with Crippen LogP contribution in [0.2, 0.25) is 0 Å². The van der Waals surface area contributed by atoms with Gasteiger partial charge in [-0.1, -0.05) is 6.07 Å². The van der Waals surface area contributed by atoms with Crippen LogP contribution < -0.4 is 10.6 Å². The summed E-state index contributed by atoms with van der Waals surface area (Å²) in [5.41, 5.74) is -0.0419. The second-order valence-electron chi connectivity index (χ2n) is 9.27. The van der Waals surface area contributed by atoms with Crippen LogP contribution in [-0.2, 0) is 20.9 Å². The van der Waals surface area contributed by atoms with Crippen molar-refractivity contribution in [2.45, 2.75) is 45.8 Å². The molecule has 2 heterocycles. The molecule has 0 radical (unpaired) electrons. The number of carbonyl (C=O) groups excluding carboxylic acids is 3. The van der Waals surface area contributed by atoms with Gasteiger partial charge in [-0.15, -0.1) is 11.3 Å². The Hall–Kier alpha value is -2.72. The fraction of sp³-hybridized carbons (Fsp3) is 0.542. The molecule has 1 unspecified atom stereocenters. The number of alkyl carbamates (subject to hydrolysis) is 1. The van der Waals surface area contributed by atoms with Crippen LogP contribution in [0.25, 0.3) is 10.1 Å². The molecule has 1 saturated heterocycles. The summed E-state index contributed by atoms with van der Waals surface area (Å²) < 4.78 is 25.6. The molecule has 1 aliphatic heterocycles. The van der Waals surface area contributed by atoms with Crippen LogP contribution in [0.3, 0.4) is 0 Å². The molecule has 3 rings (SSSR count). The number of nitrogens with zero attached hydrogens (tertiary/aromatic N) is 1. The Balaban J connectivity index is 1.60. The number of methoxy groups -OCH3 is 1. The first-order valence-electron chi connectivity index (χ1n) is 11.3. The van der Waals surface area contributed by atoms with E-state index in [1.54, 1.807) is 37.8 Å². The number of rotatable bonds is 7. The van der Waals surface area contributed by atoms with Crippen LogP contribution >= 0.6 is 11.3 Å². The van der Waals surface area contributed by atoms with Crippen molar-refractivity contribution >= 4 is 39.3 Å². The lowest BCUT2D eigenvalue weighted by Gasteiger charge is -2.32. The van der Waals surface area contributed by atoms with Crippen molar-refractivity contribution in [2.24, 2.45) is 5.92 Å². The van der Waals surface area contributed by atoms with Gasteiger partial charge in [0.05, 0.1) is 17.4 Å². The second-order valence-corrected chi connectivity index (χ2v) is 10.3. The summed E-state index contributed by atoms with van der Waals surface area (Å²) >= 11 is 1.25. The van der Waals surface area contributed by atoms with E-state index >= 15 is 0 Å². The molecule has 1 aliphatic rings. The zero-order valence-electron chi connectivity index (χ0n) is 20.0. The molecule has 34 heavy (non-hydrogen) atoms. The number of ether oxygens (including phenoxy) is 2. The summed E-state index contributed by atoms with van der Waals surface area (Å²) in [6.07, 6.45) is 0.822. The van der Waals surface area contributed by atoms with Gasteiger partial charge in [0.1, 0.15) is 11.4 Å². The number of nitrogens with one attached hydrogen (secondary N) is 2. The summed E-state index contributed by atoms with van der Waals surface area (Å²) in [6, 6.07) is 4.79. The lowest BCUT2D eigenvalue weighted by atomic mass is 9.96. The van der Waals surface area contributed by atoms with Crippen molar-refractivity contribution in [3.05, 3.63) is 34.5 Å². The van der Waals surface area contributed by atoms with Gasteiger partial charge in [0.15, 0.2) is 0 Å². The van der Waals surface area contributed by atoms with Crippen molar-refractivity contribution < 1.29 is 28.2 Å². The molecule has 186 valence electrons. The number of likely N-dealkylation sites (tertiary alicyclic amines) is 1. The first-order chi connectivity index (χ1) is 16.1. The van der Waals surface area contributed by atoms with Gasteiger partial charge in [0, 0.05) is 48.9 Å². The fourth-order valence-electron chi connectivity index (χ4n) is 3.95. The van der Waals surface area contributed by atoms with E-state index in [0.717, 1.165) is 0 Å². The Morgan fingerprint density at radius 2 is 1.94 bits per heavy atom. The minimum Gasteiger partial charge on any atom is -0.444 e. The molecule has 10 heteroatoms. The number of halogens is 1. The smallest absolute Gasteiger partial charge is 0.407 e. The Morgan fingerprint density at radius 1 is 1.21 bits per heavy atom. The van der Waals surface area contributed by atoms with E-state index in [-0.39, 0.29) is 49.8 Å². The Bertz CT molecular complexity index is 1050. The highest BCUT2D eigenvalue weighted by atomic mass is 32.1. The summed E-state index contributed by atoms with van der Waals surface area (Å²) in [6.45, 7) is 6.78. The van der Waals surface area contributed by atoms with Crippen LogP contribution in [0.15, 0.2) is 18.2 Å². The fourth-order valence-corrected chi connectivity index (χ4v) is 5.14. The predicted octanol–water partition coefficient (Wildman–Crippen LogP) is 3.68. The molecule has 0 spiro atoms. The summed E-state index contributed by atoms with van der Waals surface area (Å²) in [4.78, 5) is 39.8. The molecular formula is C24H32FN3O5S. The average molecular weight is 494 g/mol. The molecule has 0 aliphatic carbocycles. The molecule has 1 atom stereocenters. The molecule has 1 aromatic carbocycles. The number of carbonyl (C=O) groups is 3. The largest absolute Gasteiger partial charge is 0.444 e. The van der Waals surface area contributed by atoms with Crippen LogP contribution in [0, 0.1) is 11.7 Å².